The number of methoxy groups -OCH3 is 3. The molecule has 1 aliphatic heterocycles. The molecule has 0 N–H and O–H groups in total. The number of ether oxygens (including phenoxy) is 4. The topological polar surface area (TPSA) is 104 Å². The number of morpholine rings is 1. The fourth-order valence-electron chi connectivity index (χ4n) is 4.31. The molecule has 0 aliphatic carbocycles. The number of rotatable bonds is 9. The molecular formula is C28H30N4O6S3. The highest BCUT2D eigenvalue weighted by molar-refractivity contribution is 7.89. The zero-order chi connectivity index (χ0) is 29.0. The first-order valence-corrected chi connectivity index (χ1v) is 15.9. The lowest BCUT2D eigenvalue weighted by atomic mass is 10.1. The van der Waals surface area contributed by atoms with E-state index in [-0.39, 0.29) is 4.90 Å². The highest BCUT2D eigenvalue weighted by Crippen LogP contribution is 2.38. The molecule has 5 rings (SSSR count). The van der Waals surface area contributed by atoms with Gasteiger partial charge in [0, 0.05) is 24.0 Å². The van der Waals surface area contributed by atoms with Gasteiger partial charge in [0.15, 0.2) is 11.5 Å². The molecule has 0 unspecified atom stereocenters. The van der Waals surface area contributed by atoms with Gasteiger partial charge in [-0.15, -0.1) is 22.7 Å². The van der Waals surface area contributed by atoms with Gasteiger partial charge in [-0.1, -0.05) is 6.07 Å². The molecule has 0 spiro atoms. The minimum atomic E-state index is -3.59. The van der Waals surface area contributed by atoms with Crippen LogP contribution in [0.3, 0.4) is 0 Å². The van der Waals surface area contributed by atoms with Crippen LogP contribution >= 0.6 is 22.7 Å². The van der Waals surface area contributed by atoms with E-state index in [0.29, 0.717) is 59.8 Å². The van der Waals surface area contributed by atoms with E-state index in [4.69, 9.17) is 29.0 Å². The van der Waals surface area contributed by atoms with Crippen LogP contribution in [-0.2, 0) is 14.8 Å². The van der Waals surface area contributed by atoms with Crippen molar-refractivity contribution < 1.29 is 27.4 Å². The second-order valence-corrected chi connectivity index (χ2v) is 12.6. The average molecular weight is 615 g/mol. The van der Waals surface area contributed by atoms with Crippen molar-refractivity contribution in [2.45, 2.75) is 11.8 Å². The molecule has 13 heteroatoms. The van der Waals surface area contributed by atoms with Gasteiger partial charge in [0.25, 0.3) is 0 Å². The van der Waals surface area contributed by atoms with Crippen molar-refractivity contribution in [1.29, 1.82) is 0 Å². The Morgan fingerprint density at radius 2 is 1.63 bits per heavy atom. The number of thiophene rings is 1. The van der Waals surface area contributed by atoms with Gasteiger partial charge in [-0.05, 0) is 54.8 Å². The summed E-state index contributed by atoms with van der Waals surface area (Å²) in [6.45, 7) is 3.39. The highest BCUT2D eigenvalue weighted by atomic mass is 32.2. The third kappa shape index (κ3) is 6.09. The van der Waals surface area contributed by atoms with Crippen molar-refractivity contribution in [2.75, 3.05) is 47.6 Å². The third-order valence-corrected chi connectivity index (χ3v) is 10.1. The fraction of sp³-hybridized carbons (Fsp3) is 0.286. The van der Waals surface area contributed by atoms with Crippen molar-refractivity contribution in [3.8, 4) is 27.8 Å². The maximum Gasteiger partial charge on any atom is 0.243 e. The number of benzene rings is 2. The molecule has 1 saturated heterocycles. The van der Waals surface area contributed by atoms with Crippen molar-refractivity contribution in [3.05, 3.63) is 69.7 Å². The van der Waals surface area contributed by atoms with Gasteiger partial charge < -0.3 is 18.9 Å². The van der Waals surface area contributed by atoms with Crippen LogP contribution in [0.25, 0.3) is 10.6 Å². The molecule has 0 amide bonds. The summed E-state index contributed by atoms with van der Waals surface area (Å²) in [5.74, 6) is 1.56. The summed E-state index contributed by atoms with van der Waals surface area (Å²) < 4.78 is 51.1. The van der Waals surface area contributed by atoms with Gasteiger partial charge in [-0.3, -0.25) is 0 Å². The summed E-state index contributed by atoms with van der Waals surface area (Å²) >= 11 is 3.05. The van der Waals surface area contributed by atoms with Crippen LogP contribution in [0.2, 0.25) is 0 Å². The number of aromatic nitrogens is 1. The number of hydrogen-bond donors (Lipinski definition) is 0. The van der Waals surface area contributed by atoms with E-state index in [9.17, 15) is 8.42 Å². The number of nitrogens with zero attached hydrogens (tertiary/aromatic N) is 4. The minimum absolute atomic E-state index is 0.230. The lowest BCUT2D eigenvalue weighted by Gasteiger charge is -2.26. The summed E-state index contributed by atoms with van der Waals surface area (Å²) in [4.78, 5) is 6.73. The first-order valence-electron chi connectivity index (χ1n) is 12.7. The van der Waals surface area contributed by atoms with E-state index in [1.165, 1.54) is 15.6 Å². The molecule has 0 saturated carbocycles. The quantitative estimate of drug-likeness (QED) is 0.250. The number of hydrogen-bond acceptors (Lipinski definition) is 10. The van der Waals surface area contributed by atoms with Crippen LogP contribution in [0.4, 0.5) is 5.69 Å². The summed E-state index contributed by atoms with van der Waals surface area (Å²) in [7, 11) is 1.12. The molecule has 2 aromatic carbocycles. The van der Waals surface area contributed by atoms with Gasteiger partial charge in [0.1, 0.15) is 0 Å². The molecule has 0 atom stereocenters. The lowest BCUT2D eigenvalue weighted by Crippen LogP contribution is -2.40. The Bertz CT molecular complexity index is 1680. The molecule has 4 aromatic rings. The number of thiazole rings is 1. The van der Waals surface area contributed by atoms with Gasteiger partial charge in [-0.2, -0.15) is 9.41 Å². The van der Waals surface area contributed by atoms with Crippen molar-refractivity contribution in [2.24, 2.45) is 10.1 Å². The van der Waals surface area contributed by atoms with Crippen LogP contribution in [-0.4, -0.2) is 70.7 Å². The molecule has 2 aromatic heterocycles. The third-order valence-electron chi connectivity index (χ3n) is 6.46. The molecule has 41 heavy (non-hydrogen) atoms. The average Bonchev–Trinajstić information content (AvgIpc) is 3.67. The summed E-state index contributed by atoms with van der Waals surface area (Å²) in [6, 6.07) is 14.3. The van der Waals surface area contributed by atoms with E-state index < -0.39 is 10.0 Å². The van der Waals surface area contributed by atoms with Crippen LogP contribution in [0.5, 0.6) is 17.2 Å². The van der Waals surface area contributed by atoms with E-state index >= 15 is 0 Å². The fourth-order valence-corrected chi connectivity index (χ4v) is 7.36. The van der Waals surface area contributed by atoms with Crippen molar-refractivity contribution in [1.82, 2.24) is 8.98 Å². The molecule has 1 fully saturated rings. The smallest absolute Gasteiger partial charge is 0.243 e. The Morgan fingerprint density at radius 1 is 0.951 bits per heavy atom. The largest absolute Gasteiger partial charge is 0.493 e. The number of sulfonamides is 1. The van der Waals surface area contributed by atoms with E-state index in [2.05, 4.69) is 0 Å². The van der Waals surface area contributed by atoms with Gasteiger partial charge >= 0.3 is 0 Å². The summed E-state index contributed by atoms with van der Waals surface area (Å²) in [5.41, 5.74) is 3.00. The molecule has 216 valence electrons. The first-order chi connectivity index (χ1) is 19.8. The van der Waals surface area contributed by atoms with Crippen LogP contribution < -0.4 is 19.0 Å². The monoisotopic (exact) mass is 614 g/mol. The molecular weight excluding hydrogens is 585 g/mol. The second kappa shape index (κ2) is 12.6. The first kappa shape index (κ1) is 29.0. The normalized spacial score (nSPS) is 15.2. The zero-order valence-electron chi connectivity index (χ0n) is 23.1. The van der Waals surface area contributed by atoms with Gasteiger partial charge in [-0.25, -0.2) is 18.1 Å². The zero-order valence-corrected chi connectivity index (χ0v) is 25.5. The molecule has 1 aliphatic rings. The predicted octanol–water partition coefficient (Wildman–Crippen LogP) is 4.83. The van der Waals surface area contributed by atoms with Crippen LogP contribution in [0.1, 0.15) is 12.5 Å². The van der Waals surface area contributed by atoms with Gasteiger partial charge in [0.2, 0.25) is 20.6 Å². The van der Waals surface area contributed by atoms with E-state index in [1.54, 1.807) is 61.6 Å². The molecule has 3 heterocycles. The van der Waals surface area contributed by atoms with Crippen molar-refractivity contribution in [3.63, 3.8) is 0 Å². The summed E-state index contributed by atoms with van der Waals surface area (Å²) in [6.07, 6.45) is 0. The maximum atomic E-state index is 13.0. The molecule has 10 nitrogen and oxygen atoms in total. The predicted molar refractivity (Wildman–Crippen MR) is 161 cm³/mol. The Balaban J connectivity index is 1.55. The molecule has 0 radical (unpaired) electrons. The standard InChI is InChI=1S/C28H30N4O6S3/c1-19(20-16-24(35-2)27(37-4)25(17-20)36-3)30-32-23(26-6-5-15-39-26)18-40-28(32)29-21-7-9-22(10-8-21)41(33,34)31-11-13-38-14-12-31/h5-10,15-18H,11-14H2,1-4H3. The SMILES string of the molecule is COc1cc(C(C)=Nn2c(-c3cccs3)csc2=Nc2ccc(S(=O)(=O)N3CCOCC3)cc2)cc(OC)c1OC. The Hall–Kier alpha value is -3.49. The Kier molecular flexibility index (Phi) is 8.90. The van der Waals surface area contributed by atoms with Crippen LogP contribution in [0.15, 0.2) is 74.3 Å². The maximum absolute atomic E-state index is 13.0. The summed E-state index contributed by atoms with van der Waals surface area (Å²) in [5, 5.41) is 8.98. The van der Waals surface area contributed by atoms with Crippen molar-refractivity contribution >= 4 is 44.1 Å². The van der Waals surface area contributed by atoms with E-state index in [1.807, 2.05) is 41.9 Å². The Morgan fingerprint density at radius 3 is 2.22 bits per heavy atom. The van der Waals surface area contributed by atoms with Gasteiger partial charge in [0.05, 0.1) is 61.4 Å². The second-order valence-electron chi connectivity index (χ2n) is 8.91. The lowest BCUT2D eigenvalue weighted by molar-refractivity contribution is 0.0730. The minimum Gasteiger partial charge on any atom is -0.493 e. The van der Waals surface area contributed by atoms with E-state index in [0.717, 1.165) is 16.1 Å². The van der Waals surface area contributed by atoms with Crippen LogP contribution in [0, 0.1) is 0 Å². The highest BCUT2D eigenvalue weighted by Gasteiger charge is 2.26. The Labute approximate surface area is 246 Å². The molecule has 0 bridgehead atoms.